The topological polar surface area (TPSA) is 44.8 Å². The first-order valence-electron chi connectivity index (χ1n) is 8.47. The predicted octanol–water partition coefficient (Wildman–Crippen LogP) is 3.73. The summed E-state index contributed by atoms with van der Waals surface area (Å²) in [7, 11) is 1.52. The number of carbonyl (C=O) groups is 1. The van der Waals surface area contributed by atoms with Crippen LogP contribution in [-0.4, -0.2) is 36.3 Å². The fraction of sp³-hybridized carbons (Fsp3) is 0.526. The van der Waals surface area contributed by atoms with Crippen molar-refractivity contribution in [2.24, 2.45) is 5.92 Å². The van der Waals surface area contributed by atoms with Gasteiger partial charge in [-0.25, -0.2) is 4.39 Å². The fourth-order valence-electron chi connectivity index (χ4n) is 3.56. The van der Waals surface area contributed by atoms with Crippen molar-refractivity contribution in [1.29, 1.82) is 0 Å². The Kier molecular flexibility index (Phi) is 5.39. The van der Waals surface area contributed by atoms with E-state index in [9.17, 15) is 9.18 Å². The maximum atomic E-state index is 14.3. The second kappa shape index (κ2) is 7.38. The van der Waals surface area contributed by atoms with E-state index in [0.29, 0.717) is 29.9 Å². The van der Waals surface area contributed by atoms with Gasteiger partial charge in [0, 0.05) is 18.6 Å². The third-order valence-corrected chi connectivity index (χ3v) is 6.11. The van der Waals surface area contributed by atoms with Crippen molar-refractivity contribution in [2.45, 2.75) is 37.5 Å². The van der Waals surface area contributed by atoms with Crippen LogP contribution in [0.5, 0.6) is 5.75 Å². The van der Waals surface area contributed by atoms with Crippen LogP contribution in [0, 0.1) is 11.7 Å². The van der Waals surface area contributed by atoms with Crippen molar-refractivity contribution >= 4 is 17.5 Å². The number of hydrogen-bond donors (Lipinski definition) is 0. The molecule has 0 unspecified atom stereocenters. The van der Waals surface area contributed by atoms with Crippen molar-refractivity contribution in [1.82, 2.24) is 0 Å². The number of thioether (sulfide) groups is 1. The van der Waals surface area contributed by atoms with Crippen LogP contribution in [0.3, 0.4) is 0 Å². The number of allylic oxidation sites excluding steroid dienone is 1. The van der Waals surface area contributed by atoms with Gasteiger partial charge in [0.25, 0.3) is 0 Å². The largest absolute Gasteiger partial charge is 0.497 e. The summed E-state index contributed by atoms with van der Waals surface area (Å²) in [5.74, 6) is 1.70. The lowest BCUT2D eigenvalue weighted by Gasteiger charge is -2.38. The predicted molar refractivity (Wildman–Crippen MR) is 95.2 cm³/mol. The molecule has 0 aromatic heterocycles. The van der Waals surface area contributed by atoms with E-state index >= 15 is 0 Å². The Morgan fingerprint density at radius 2 is 2.28 bits per heavy atom. The standard InChI is InChI=1S/C19H23FO4S/c1-4-25-17-10-19(18(9-16(17)21)23-11-24-19)12(2)7-13-5-6-14(22-3)8-15(13)20/h5-6,8-9,12,17H,4,7,10-11H2,1-3H3/t12-,17+,19+/m0/s1. The van der Waals surface area contributed by atoms with Gasteiger partial charge in [-0.15, -0.1) is 0 Å². The van der Waals surface area contributed by atoms with Crippen LogP contribution in [0.25, 0.3) is 0 Å². The van der Waals surface area contributed by atoms with Gasteiger partial charge in [0.05, 0.1) is 12.4 Å². The van der Waals surface area contributed by atoms with Crippen LogP contribution in [-0.2, 0) is 20.7 Å². The zero-order chi connectivity index (χ0) is 18.0. The second-order valence-corrected chi connectivity index (χ2v) is 7.90. The highest BCUT2D eigenvalue weighted by atomic mass is 32.2. The molecule has 0 amide bonds. The molecular weight excluding hydrogens is 343 g/mol. The van der Waals surface area contributed by atoms with Crippen molar-refractivity contribution in [3.63, 3.8) is 0 Å². The normalized spacial score (nSPS) is 26.6. The number of ether oxygens (including phenoxy) is 3. The maximum Gasteiger partial charge on any atom is 0.189 e. The van der Waals surface area contributed by atoms with Crippen molar-refractivity contribution < 1.29 is 23.4 Å². The van der Waals surface area contributed by atoms with Crippen LogP contribution in [0.2, 0.25) is 0 Å². The summed E-state index contributed by atoms with van der Waals surface area (Å²) >= 11 is 1.62. The zero-order valence-corrected chi connectivity index (χ0v) is 15.5. The van der Waals surface area contributed by atoms with E-state index in [1.165, 1.54) is 13.2 Å². The summed E-state index contributed by atoms with van der Waals surface area (Å²) < 4.78 is 31.0. The average Bonchev–Trinajstić information content (AvgIpc) is 3.01. The average molecular weight is 366 g/mol. The highest BCUT2D eigenvalue weighted by Gasteiger charge is 2.52. The summed E-state index contributed by atoms with van der Waals surface area (Å²) in [5, 5.41) is -0.140. The minimum atomic E-state index is -0.660. The van der Waals surface area contributed by atoms with Crippen LogP contribution in [0.1, 0.15) is 25.8 Å². The first-order valence-corrected chi connectivity index (χ1v) is 9.52. The molecule has 3 rings (SSSR count). The number of methoxy groups -OCH3 is 1. The molecule has 1 fully saturated rings. The fourth-order valence-corrected chi connectivity index (χ4v) is 4.56. The molecule has 1 aromatic carbocycles. The Bertz CT molecular complexity index is 690. The van der Waals surface area contributed by atoms with Gasteiger partial charge >= 0.3 is 0 Å². The van der Waals surface area contributed by atoms with Gasteiger partial charge < -0.3 is 14.2 Å². The molecule has 6 heteroatoms. The van der Waals surface area contributed by atoms with Gasteiger partial charge in [-0.3, -0.25) is 4.79 Å². The van der Waals surface area contributed by atoms with Gasteiger partial charge in [0.1, 0.15) is 22.9 Å². The number of benzene rings is 1. The molecule has 25 heavy (non-hydrogen) atoms. The lowest BCUT2D eigenvalue weighted by atomic mass is 9.76. The minimum absolute atomic E-state index is 0.0304. The van der Waals surface area contributed by atoms with E-state index < -0.39 is 5.60 Å². The number of hydrogen-bond acceptors (Lipinski definition) is 5. The first kappa shape index (κ1) is 18.3. The molecule has 1 heterocycles. The van der Waals surface area contributed by atoms with Gasteiger partial charge in [0.15, 0.2) is 12.6 Å². The highest BCUT2D eigenvalue weighted by Crippen LogP contribution is 2.46. The molecule has 0 saturated carbocycles. The van der Waals surface area contributed by atoms with E-state index in [-0.39, 0.29) is 29.6 Å². The van der Waals surface area contributed by atoms with E-state index in [0.717, 1.165) is 5.75 Å². The van der Waals surface area contributed by atoms with Crippen molar-refractivity contribution in [2.75, 3.05) is 19.7 Å². The van der Waals surface area contributed by atoms with Gasteiger partial charge in [0.2, 0.25) is 0 Å². The zero-order valence-electron chi connectivity index (χ0n) is 14.7. The Labute approximate surface area is 151 Å². The monoisotopic (exact) mass is 366 g/mol. The van der Waals surface area contributed by atoms with Crippen LogP contribution < -0.4 is 4.74 Å². The highest BCUT2D eigenvalue weighted by molar-refractivity contribution is 8.00. The summed E-state index contributed by atoms with van der Waals surface area (Å²) in [6, 6.07) is 4.89. The van der Waals surface area contributed by atoms with E-state index in [1.54, 1.807) is 30.0 Å². The third kappa shape index (κ3) is 3.42. The minimum Gasteiger partial charge on any atom is -0.497 e. The van der Waals surface area contributed by atoms with Crippen molar-refractivity contribution in [3.05, 3.63) is 41.4 Å². The Morgan fingerprint density at radius 1 is 1.48 bits per heavy atom. The van der Waals surface area contributed by atoms with E-state index in [2.05, 4.69) is 0 Å². The number of rotatable bonds is 6. The first-order chi connectivity index (χ1) is 12.0. The second-order valence-electron chi connectivity index (χ2n) is 6.42. The smallest absolute Gasteiger partial charge is 0.189 e. The molecule has 1 saturated heterocycles. The third-order valence-electron chi connectivity index (χ3n) is 4.98. The molecule has 3 atom stereocenters. The molecule has 0 spiro atoms. The van der Waals surface area contributed by atoms with E-state index in [4.69, 9.17) is 14.2 Å². The lowest BCUT2D eigenvalue weighted by molar-refractivity contribution is -0.117. The molecule has 0 bridgehead atoms. The van der Waals surface area contributed by atoms with Crippen LogP contribution >= 0.6 is 11.8 Å². The summed E-state index contributed by atoms with van der Waals surface area (Å²) in [6.45, 7) is 4.19. The van der Waals surface area contributed by atoms with Gasteiger partial charge in [-0.05, 0) is 29.7 Å². The summed E-state index contributed by atoms with van der Waals surface area (Å²) in [4.78, 5) is 12.3. The van der Waals surface area contributed by atoms with Crippen LogP contribution in [0.4, 0.5) is 4.39 Å². The Balaban J connectivity index is 1.85. The quantitative estimate of drug-likeness (QED) is 0.767. The number of ketones is 1. The molecule has 0 N–H and O–H groups in total. The van der Waals surface area contributed by atoms with E-state index in [1.807, 2.05) is 13.8 Å². The summed E-state index contributed by atoms with van der Waals surface area (Å²) in [5.41, 5.74) is -0.0539. The Hall–Kier alpha value is -1.53. The molecule has 1 aliphatic carbocycles. The molecule has 4 nitrogen and oxygen atoms in total. The van der Waals surface area contributed by atoms with Gasteiger partial charge in [-0.2, -0.15) is 11.8 Å². The molecular formula is C19H23FO4S. The molecule has 1 aliphatic heterocycles. The molecule has 2 aliphatic rings. The molecule has 1 aromatic rings. The Morgan fingerprint density at radius 3 is 2.96 bits per heavy atom. The number of halogens is 1. The van der Waals surface area contributed by atoms with Gasteiger partial charge in [-0.1, -0.05) is 19.9 Å². The lowest BCUT2D eigenvalue weighted by Crippen LogP contribution is -2.46. The molecule has 136 valence electrons. The summed E-state index contributed by atoms with van der Waals surface area (Å²) in [6.07, 6.45) is 2.63. The number of carbonyl (C=O) groups excluding carboxylic acids is 1. The molecule has 0 radical (unpaired) electrons. The number of fused-ring (bicyclic) bond motifs is 1. The SMILES string of the molecule is CCS[C@@H]1C[C@]2([C@@H](C)Cc3ccc(OC)cc3F)OCOC2=CC1=O. The van der Waals surface area contributed by atoms with Crippen LogP contribution in [0.15, 0.2) is 30.0 Å². The van der Waals surface area contributed by atoms with Crippen molar-refractivity contribution in [3.8, 4) is 5.75 Å². The maximum absolute atomic E-state index is 14.3.